The van der Waals surface area contributed by atoms with Gasteiger partial charge in [0, 0.05) is 37.9 Å². The molecule has 0 unspecified atom stereocenters. The average Bonchev–Trinajstić information content (AvgIpc) is 2.97. The summed E-state index contributed by atoms with van der Waals surface area (Å²) in [5, 5.41) is 10.1. The molecule has 0 heterocycles. The highest BCUT2D eigenvalue weighted by molar-refractivity contribution is 7.90. The summed E-state index contributed by atoms with van der Waals surface area (Å²) >= 11 is 0. The number of carbonyl (C=O) groups is 5. The molecule has 2 atom stereocenters. The van der Waals surface area contributed by atoms with Gasteiger partial charge in [0.25, 0.3) is 5.91 Å². The minimum Gasteiger partial charge on any atom is -0.741 e. The Morgan fingerprint density at radius 2 is 1.50 bits per heavy atom. The summed E-state index contributed by atoms with van der Waals surface area (Å²) in [5.41, 5.74) is 10.6. The Bertz CT molecular complexity index is 1690. The number of aliphatic imine (C=N–C) groups is 1. The monoisotopic (exact) mass is 789 g/mol. The molecule has 0 aliphatic heterocycles. The third-order valence-corrected chi connectivity index (χ3v) is 8.31. The number of hydrogen-bond acceptors (Lipinski definition) is 11. The van der Waals surface area contributed by atoms with E-state index in [0.29, 0.717) is 16.6 Å². The van der Waals surface area contributed by atoms with Gasteiger partial charge in [0.1, 0.15) is 17.8 Å². The predicted octanol–water partition coefficient (Wildman–Crippen LogP) is -2.26. The van der Waals surface area contributed by atoms with Gasteiger partial charge in [-0.15, -0.1) is 0 Å². The molecule has 0 bridgehead atoms. The number of primary amides is 1. The first-order chi connectivity index (χ1) is 23.5. The highest BCUT2D eigenvalue weighted by atomic mass is 32.2. The number of hydrogen-bond donors (Lipinski definition) is 7. The number of quaternary nitrogens is 1. The second-order valence-electron chi connectivity index (χ2n) is 12.4. The Morgan fingerprint density at radius 1 is 0.942 bits per heavy atom. The van der Waals surface area contributed by atoms with Crippen molar-refractivity contribution >= 4 is 61.1 Å². The zero-order valence-corrected chi connectivity index (χ0v) is 31.0. The summed E-state index contributed by atoms with van der Waals surface area (Å²) in [6.45, 7) is 3.08. The normalized spacial score (nSPS) is 13.1. The Balaban J connectivity index is 0.00000289. The van der Waals surface area contributed by atoms with Crippen molar-refractivity contribution in [1.82, 2.24) is 25.8 Å². The van der Waals surface area contributed by atoms with Crippen LogP contribution in [0.25, 0.3) is 0 Å². The number of amides is 5. The molecular weight excluding hydrogens is 743 g/mol. The quantitative estimate of drug-likeness (QED) is 0.0220. The first kappa shape index (κ1) is 47.5. The highest BCUT2D eigenvalue weighted by Crippen LogP contribution is 2.25. The standard InChI is InChI=1S/C27H45N9O7S.CHF3O3S/c1-16(2)23(35-24(39)18-14-17(36(3,4)5)9-10-20(18)44(6,42)43)26(41)31-13-11-22(38)34-19(8-7-12-32-27(29)30)25(40)33-15-21(28)37;2-1(3,4)8(5,6)7/h9-10,14,16,19,23H,7-8,11-13,15H2,1-6H3,(H9-,28,29,30,31,32,33,34,35,37,38,39,40,41);(H,5,6,7)/t19-,23-;/m0./s1. The first-order valence-corrected chi connectivity index (χ1v) is 18.5. The van der Waals surface area contributed by atoms with Crippen molar-refractivity contribution in [2.24, 2.45) is 28.1 Å². The Hall–Kier alpha value is -4.55. The summed E-state index contributed by atoms with van der Waals surface area (Å²) in [6.07, 6.45) is 1.30. The van der Waals surface area contributed by atoms with E-state index in [1.165, 1.54) is 12.1 Å². The maximum Gasteiger partial charge on any atom is 0.485 e. The minimum atomic E-state index is -6.09. The van der Waals surface area contributed by atoms with Crippen molar-refractivity contribution in [2.45, 2.75) is 55.6 Å². The van der Waals surface area contributed by atoms with E-state index >= 15 is 0 Å². The molecule has 296 valence electrons. The van der Waals surface area contributed by atoms with E-state index in [0.717, 1.165) is 6.26 Å². The lowest BCUT2D eigenvalue weighted by Crippen LogP contribution is -2.51. The second kappa shape index (κ2) is 19.9. The van der Waals surface area contributed by atoms with Gasteiger partial charge in [0.05, 0.1) is 38.1 Å². The van der Waals surface area contributed by atoms with Crippen molar-refractivity contribution < 1.29 is 58.5 Å². The van der Waals surface area contributed by atoms with Gasteiger partial charge in [-0.1, -0.05) is 13.8 Å². The number of nitrogens with zero attached hydrogens (tertiary/aromatic N) is 2. The fraction of sp³-hybridized carbons (Fsp3) is 0.571. The molecule has 0 aromatic heterocycles. The molecule has 19 nitrogen and oxygen atoms in total. The first-order valence-electron chi connectivity index (χ1n) is 15.2. The van der Waals surface area contributed by atoms with Crippen LogP contribution in [0.3, 0.4) is 0 Å². The number of halogens is 3. The summed E-state index contributed by atoms with van der Waals surface area (Å²) in [5.74, 6) is -3.78. The van der Waals surface area contributed by atoms with Crippen LogP contribution in [0.4, 0.5) is 18.9 Å². The second-order valence-corrected chi connectivity index (χ2v) is 15.7. The molecule has 0 saturated carbocycles. The number of rotatable bonds is 17. The number of nitrogens with two attached hydrogens (primary N) is 3. The van der Waals surface area contributed by atoms with Crippen molar-refractivity contribution in [1.29, 1.82) is 0 Å². The van der Waals surface area contributed by atoms with Gasteiger partial charge in [0.2, 0.25) is 23.6 Å². The van der Waals surface area contributed by atoms with Crippen LogP contribution in [0.2, 0.25) is 0 Å². The fourth-order valence-corrected chi connectivity index (χ4v) is 4.80. The molecule has 0 saturated heterocycles. The van der Waals surface area contributed by atoms with Crippen LogP contribution in [-0.2, 0) is 39.1 Å². The Labute approximate surface area is 299 Å². The molecule has 1 aromatic carbocycles. The van der Waals surface area contributed by atoms with Crippen LogP contribution in [0.5, 0.6) is 0 Å². The molecule has 52 heavy (non-hydrogen) atoms. The number of nitrogens with one attached hydrogen (secondary N) is 4. The lowest BCUT2D eigenvalue weighted by atomic mass is 10.0. The molecule has 0 aliphatic rings. The largest absolute Gasteiger partial charge is 0.741 e. The maximum atomic E-state index is 13.3. The molecule has 0 radical (unpaired) electrons. The van der Waals surface area contributed by atoms with E-state index < -0.39 is 73.6 Å². The van der Waals surface area contributed by atoms with E-state index in [4.69, 9.17) is 30.2 Å². The third-order valence-electron chi connectivity index (χ3n) is 6.59. The SMILES string of the molecule is CC(C)[C@H](NC(=O)c1cc([N+](C)(C)C)ccc1S(C)(=O)=O)C(=O)NCCC(=O)N[C@@H](CCCN=C(N)N)C(=O)NCC(N)=O.O=S(=O)([O-])C(F)(F)F. The number of alkyl halides is 3. The zero-order chi connectivity index (χ0) is 40.8. The van der Waals surface area contributed by atoms with Gasteiger partial charge in [-0.3, -0.25) is 33.4 Å². The maximum absolute atomic E-state index is 13.3. The molecule has 0 fully saturated rings. The average molecular weight is 790 g/mol. The topological polar surface area (TPSA) is 315 Å². The van der Waals surface area contributed by atoms with Crippen molar-refractivity contribution in [3.8, 4) is 0 Å². The summed E-state index contributed by atoms with van der Waals surface area (Å²) in [7, 11) is -4.26. The van der Waals surface area contributed by atoms with E-state index in [2.05, 4.69) is 26.3 Å². The molecular formula is C28H46F3N9O10S2. The minimum absolute atomic E-state index is 0.0867. The van der Waals surface area contributed by atoms with E-state index in [-0.39, 0.29) is 48.3 Å². The van der Waals surface area contributed by atoms with Crippen LogP contribution < -0.4 is 43.0 Å². The summed E-state index contributed by atoms with van der Waals surface area (Å²) in [6, 6.07) is 2.42. The summed E-state index contributed by atoms with van der Waals surface area (Å²) < 4.78 is 84.0. The van der Waals surface area contributed by atoms with Crippen LogP contribution >= 0.6 is 0 Å². The van der Waals surface area contributed by atoms with Crippen LogP contribution in [-0.4, -0.2) is 122 Å². The lowest BCUT2D eigenvalue weighted by molar-refractivity contribution is -0.130. The van der Waals surface area contributed by atoms with Crippen LogP contribution in [0.15, 0.2) is 28.1 Å². The van der Waals surface area contributed by atoms with Gasteiger partial charge >= 0.3 is 5.51 Å². The molecule has 0 spiro atoms. The van der Waals surface area contributed by atoms with E-state index in [9.17, 15) is 45.6 Å². The molecule has 24 heteroatoms. The van der Waals surface area contributed by atoms with Gasteiger partial charge in [-0.25, -0.2) is 16.8 Å². The smallest absolute Gasteiger partial charge is 0.485 e. The number of guanidine groups is 1. The molecule has 5 amide bonds. The van der Waals surface area contributed by atoms with Gasteiger partial charge in [0.15, 0.2) is 25.9 Å². The van der Waals surface area contributed by atoms with E-state index in [1.54, 1.807) is 19.9 Å². The van der Waals surface area contributed by atoms with Crippen molar-refractivity contribution in [3.05, 3.63) is 23.8 Å². The molecule has 10 N–H and O–H groups in total. The summed E-state index contributed by atoms with van der Waals surface area (Å²) in [4.78, 5) is 66.1. The van der Waals surface area contributed by atoms with Crippen LogP contribution in [0.1, 0.15) is 43.5 Å². The zero-order valence-electron chi connectivity index (χ0n) is 29.4. The third kappa shape index (κ3) is 17.6. The predicted molar refractivity (Wildman–Crippen MR) is 183 cm³/mol. The van der Waals surface area contributed by atoms with E-state index in [1.807, 2.05) is 21.1 Å². The number of sulfone groups is 1. The van der Waals surface area contributed by atoms with Gasteiger partial charge < -0.3 is 43.0 Å². The van der Waals surface area contributed by atoms with Crippen molar-refractivity contribution in [2.75, 3.05) is 47.0 Å². The number of benzene rings is 1. The number of carbonyl (C=O) groups excluding carboxylic acids is 5. The lowest BCUT2D eigenvalue weighted by Gasteiger charge is -2.25. The Kier molecular flexibility index (Phi) is 18.2. The Morgan fingerprint density at radius 3 is 1.94 bits per heavy atom. The van der Waals surface area contributed by atoms with Crippen LogP contribution in [0, 0.1) is 5.92 Å². The fourth-order valence-electron chi connectivity index (χ4n) is 3.94. The van der Waals surface area contributed by atoms with Gasteiger partial charge in [-0.05, 0) is 24.8 Å². The van der Waals surface area contributed by atoms with Crippen molar-refractivity contribution in [3.63, 3.8) is 0 Å². The molecule has 0 aliphatic carbocycles. The molecule has 1 rings (SSSR count). The molecule has 1 aromatic rings. The highest BCUT2D eigenvalue weighted by Gasteiger charge is 2.37. The van der Waals surface area contributed by atoms with Gasteiger partial charge in [-0.2, -0.15) is 13.2 Å².